The monoisotopic (exact) mass is 448 g/mol. The van der Waals surface area contributed by atoms with Crippen molar-refractivity contribution in [3.8, 4) is 23.0 Å². The van der Waals surface area contributed by atoms with Gasteiger partial charge >= 0.3 is 0 Å². The normalized spacial score (nSPS) is 14.2. The molecule has 1 amide bonds. The number of nitrogens with zero attached hydrogens (tertiary/aromatic N) is 1. The molecule has 0 radical (unpaired) electrons. The summed E-state index contributed by atoms with van der Waals surface area (Å²) < 4.78 is 22.9. The van der Waals surface area contributed by atoms with Gasteiger partial charge in [-0.3, -0.25) is 9.78 Å². The van der Waals surface area contributed by atoms with Gasteiger partial charge in [-0.25, -0.2) is 0 Å². The van der Waals surface area contributed by atoms with Crippen molar-refractivity contribution in [3.63, 3.8) is 0 Å². The lowest BCUT2D eigenvalue weighted by molar-refractivity contribution is 0.0950. The molecule has 7 heteroatoms. The van der Waals surface area contributed by atoms with Crippen molar-refractivity contribution >= 4 is 5.91 Å². The Kier molecular flexibility index (Phi) is 6.98. The Hall–Kier alpha value is -3.74. The first-order valence-electron chi connectivity index (χ1n) is 11.0. The number of pyridine rings is 1. The van der Waals surface area contributed by atoms with Gasteiger partial charge in [-0.1, -0.05) is 6.07 Å². The highest BCUT2D eigenvalue weighted by molar-refractivity contribution is 5.94. The quantitative estimate of drug-likeness (QED) is 0.525. The number of hydrogen-bond donors (Lipinski definition) is 1. The van der Waals surface area contributed by atoms with Crippen LogP contribution in [0.1, 0.15) is 41.0 Å². The molecule has 1 aliphatic heterocycles. The summed E-state index contributed by atoms with van der Waals surface area (Å²) in [4.78, 5) is 17.2. The van der Waals surface area contributed by atoms with Gasteiger partial charge in [0.25, 0.3) is 5.91 Å². The minimum atomic E-state index is -0.224. The number of fused-ring (bicyclic) bond motifs is 1. The molecule has 3 aromatic rings. The van der Waals surface area contributed by atoms with Crippen LogP contribution in [0.4, 0.5) is 0 Å². The number of carbonyl (C=O) groups is 1. The van der Waals surface area contributed by atoms with Crippen LogP contribution in [0.5, 0.6) is 23.0 Å². The minimum absolute atomic E-state index is 0.142. The highest BCUT2D eigenvalue weighted by Crippen LogP contribution is 2.35. The molecule has 0 unspecified atom stereocenters. The molecule has 0 bridgehead atoms. The van der Waals surface area contributed by atoms with E-state index in [1.54, 1.807) is 31.5 Å². The first-order valence-corrected chi connectivity index (χ1v) is 11.0. The lowest BCUT2D eigenvalue weighted by Crippen LogP contribution is -2.23. The summed E-state index contributed by atoms with van der Waals surface area (Å²) in [5.41, 5.74) is 3.26. The van der Waals surface area contributed by atoms with Crippen molar-refractivity contribution in [1.82, 2.24) is 10.3 Å². The fraction of sp³-hybridized carbons (Fsp3) is 0.308. The SMILES string of the molecule is CCOc1cc2c(cc1CNC(=O)c1ccc(OC)c(OCc3ccccn3)c1)O[C@H](C)C2. The van der Waals surface area contributed by atoms with Crippen LogP contribution < -0.4 is 24.3 Å². The summed E-state index contributed by atoms with van der Waals surface area (Å²) in [5, 5.41) is 2.97. The smallest absolute Gasteiger partial charge is 0.251 e. The highest BCUT2D eigenvalue weighted by atomic mass is 16.5. The first-order chi connectivity index (χ1) is 16.1. The lowest BCUT2D eigenvalue weighted by Gasteiger charge is -2.14. The molecule has 0 fully saturated rings. The van der Waals surface area contributed by atoms with Gasteiger partial charge in [0.15, 0.2) is 11.5 Å². The summed E-state index contributed by atoms with van der Waals surface area (Å²) in [6, 6.07) is 14.7. The largest absolute Gasteiger partial charge is 0.494 e. The molecule has 1 aromatic heterocycles. The molecule has 1 aliphatic rings. The van der Waals surface area contributed by atoms with E-state index in [2.05, 4.69) is 10.3 Å². The van der Waals surface area contributed by atoms with Crippen LogP contribution in [0, 0.1) is 0 Å². The summed E-state index contributed by atoms with van der Waals surface area (Å²) >= 11 is 0. The van der Waals surface area contributed by atoms with Crippen LogP contribution in [0.2, 0.25) is 0 Å². The van der Waals surface area contributed by atoms with Crippen LogP contribution in [-0.4, -0.2) is 30.7 Å². The lowest BCUT2D eigenvalue weighted by atomic mass is 10.1. The number of amides is 1. The number of benzene rings is 2. The van der Waals surface area contributed by atoms with Gasteiger partial charge in [0.1, 0.15) is 24.2 Å². The molecule has 0 aliphatic carbocycles. The Morgan fingerprint density at radius 3 is 2.76 bits per heavy atom. The van der Waals surface area contributed by atoms with Crippen LogP contribution >= 0.6 is 0 Å². The van der Waals surface area contributed by atoms with Crippen molar-refractivity contribution in [2.75, 3.05) is 13.7 Å². The van der Waals surface area contributed by atoms with Crippen molar-refractivity contribution in [1.29, 1.82) is 0 Å². The number of aromatic nitrogens is 1. The average Bonchev–Trinajstić information content (AvgIpc) is 3.20. The zero-order valence-corrected chi connectivity index (χ0v) is 19.1. The van der Waals surface area contributed by atoms with Gasteiger partial charge in [0.05, 0.1) is 19.4 Å². The molecule has 2 aromatic carbocycles. The van der Waals surface area contributed by atoms with E-state index in [4.69, 9.17) is 18.9 Å². The number of nitrogens with one attached hydrogen (secondary N) is 1. The summed E-state index contributed by atoms with van der Waals surface area (Å²) in [7, 11) is 1.56. The molecule has 7 nitrogen and oxygen atoms in total. The maximum atomic E-state index is 12.9. The second-order valence-corrected chi connectivity index (χ2v) is 7.79. The Morgan fingerprint density at radius 1 is 1.12 bits per heavy atom. The van der Waals surface area contributed by atoms with E-state index >= 15 is 0 Å². The van der Waals surface area contributed by atoms with Gasteiger partial charge < -0.3 is 24.3 Å². The summed E-state index contributed by atoms with van der Waals surface area (Å²) in [5.74, 6) is 2.42. The molecular formula is C26H28N2O5. The Labute approximate surface area is 193 Å². The standard InChI is InChI=1S/C26H28N2O5/c1-4-31-23-13-19-11-17(2)33-24(19)14-20(23)15-28-26(29)18-8-9-22(30-3)25(12-18)32-16-21-7-5-6-10-27-21/h5-10,12-14,17H,4,11,15-16H2,1-3H3,(H,28,29)/t17-/m1/s1. The number of carbonyl (C=O) groups excluding carboxylic acids is 1. The van der Waals surface area contributed by atoms with Crippen LogP contribution in [0.25, 0.3) is 0 Å². The Balaban J connectivity index is 1.47. The molecule has 1 atom stereocenters. The minimum Gasteiger partial charge on any atom is -0.494 e. The molecule has 0 spiro atoms. The predicted molar refractivity (Wildman–Crippen MR) is 124 cm³/mol. The van der Waals surface area contributed by atoms with Crippen molar-refractivity contribution < 1.29 is 23.7 Å². The first kappa shape index (κ1) is 22.5. The number of rotatable bonds is 9. The van der Waals surface area contributed by atoms with E-state index in [-0.39, 0.29) is 18.6 Å². The van der Waals surface area contributed by atoms with Crippen molar-refractivity contribution in [2.45, 2.75) is 39.5 Å². The Morgan fingerprint density at radius 2 is 2.00 bits per heavy atom. The van der Waals surface area contributed by atoms with Gasteiger partial charge in [-0.15, -0.1) is 0 Å². The molecule has 0 saturated carbocycles. The van der Waals surface area contributed by atoms with Crippen LogP contribution in [0.3, 0.4) is 0 Å². The van der Waals surface area contributed by atoms with Crippen molar-refractivity contribution in [2.24, 2.45) is 0 Å². The number of methoxy groups -OCH3 is 1. The van der Waals surface area contributed by atoms with Crippen LogP contribution in [0.15, 0.2) is 54.7 Å². The third-order valence-corrected chi connectivity index (χ3v) is 5.35. The molecule has 33 heavy (non-hydrogen) atoms. The van der Waals surface area contributed by atoms with E-state index in [1.165, 1.54) is 0 Å². The van der Waals surface area contributed by atoms with Crippen molar-refractivity contribution in [3.05, 3.63) is 77.1 Å². The van der Waals surface area contributed by atoms with Crippen LogP contribution in [-0.2, 0) is 19.6 Å². The number of ether oxygens (including phenoxy) is 4. The van der Waals surface area contributed by atoms with E-state index in [0.717, 1.165) is 34.7 Å². The topological polar surface area (TPSA) is 78.9 Å². The van der Waals surface area contributed by atoms with E-state index in [0.29, 0.717) is 30.2 Å². The fourth-order valence-corrected chi connectivity index (χ4v) is 3.75. The van der Waals surface area contributed by atoms with Gasteiger partial charge in [0.2, 0.25) is 0 Å². The zero-order chi connectivity index (χ0) is 23.2. The number of hydrogen-bond acceptors (Lipinski definition) is 6. The third kappa shape index (κ3) is 5.37. The van der Waals surface area contributed by atoms with Gasteiger partial charge in [-0.05, 0) is 56.3 Å². The molecule has 1 N–H and O–H groups in total. The average molecular weight is 449 g/mol. The molecule has 4 rings (SSSR count). The molecule has 2 heterocycles. The summed E-state index contributed by atoms with van der Waals surface area (Å²) in [6.07, 6.45) is 2.71. The maximum Gasteiger partial charge on any atom is 0.251 e. The second-order valence-electron chi connectivity index (χ2n) is 7.79. The molecular weight excluding hydrogens is 420 g/mol. The highest BCUT2D eigenvalue weighted by Gasteiger charge is 2.22. The fourth-order valence-electron chi connectivity index (χ4n) is 3.75. The van der Waals surface area contributed by atoms with Gasteiger partial charge in [0, 0.05) is 35.9 Å². The zero-order valence-electron chi connectivity index (χ0n) is 19.1. The third-order valence-electron chi connectivity index (χ3n) is 5.35. The van der Waals surface area contributed by atoms with Gasteiger partial charge in [-0.2, -0.15) is 0 Å². The summed E-state index contributed by atoms with van der Waals surface area (Å²) in [6.45, 7) is 5.12. The predicted octanol–water partition coefficient (Wildman–Crippen LogP) is 4.32. The second kappa shape index (κ2) is 10.3. The van der Waals surface area contributed by atoms with E-state index < -0.39 is 0 Å². The maximum absolute atomic E-state index is 12.9. The molecule has 172 valence electrons. The molecule has 0 saturated heterocycles. The van der Waals surface area contributed by atoms with E-state index in [9.17, 15) is 4.79 Å². The van der Waals surface area contributed by atoms with E-state index in [1.807, 2.05) is 44.2 Å². The Bertz CT molecular complexity index is 1120.